The number of rotatable bonds is 8. The third-order valence-electron chi connectivity index (χ3n) is 4.26. The Labute approximate surface area is 166 Å². The fraction of sp³-hybridized carbons (Fsp3) is 0.350. The number of anilines is 1. The summed E-state index contributed by atoms with van der Waals surface area (Å²) in [7, 11) is 0. The quantitative estimate of drug-likeness (QED) is 0.642. The van der Waals surface area contributed by atoms with Crippen molar-refractivity contribution in [3.05, 3.63) is 51.7 Å². The van der Waals surface area contributed by atoms with Crippen LogP contribution < -0.4 is 5.32 Å². The molecule has 8 heteroatoms. The molecule has 0 saturated heterocycles. The van der Waals surface area contributed by atoms with Gasteiger partial charge in [-0.15, -0.1) is 11.3 Å². The van der Waals surface area contributed by atoms with E-state index in [-0.39, 0.29) is 13.0 Å². The highest BCUT2D eigenvalue weighted by Crippen LogP contribution is 2.34. The van der Waals surface area contributed by atoms with Gasteiger partial charge >= 0.3 is 11.9 Å². The van der Waals surface area contributed by atoms with Crippen LogP contribution in [0.15, 0.2) is 24.3 Å². The van der Waals surface area contributed by atoms with E-state index in [4.69, 9.17) is 4.74 Å². The third kappa shape index (κ3) is 4.95. The molecule has 0 saturated carbocycles. The van der Waals surface area contributed by atoms with Crippen molar-refractivity contribution in [3.8, 4) is 0 Å². The Bertz CT molecular complexity index is 875. The molecule has 1 unspecified atom stereocenters. The average Bonchev–Trinajstić information content (AvgIpc) is 2.95. The SMILES string of the molecule is CCOC(=O)c1c(NC(=O)CC(C(=O)O)c2ccc(F)cc2)sc(C)c1CC. The maximum atomic E-state index is 13.1. The number of ether oxygens (including phenoxy) is 1. The van der Waals surface area contributed by atoms with Crippen LogP contribution in [0.5, 0.6) is 0 Å². The van der Waals surface area contributed by atoms with Crippen LogP contribution in [0.4, 0.5) is 9.39 Å². The monoisotopic (exact) mass is 407 g/mol. The van der Waals surface area contributed by atoms with Gasteiger partial charge in [0.25, 0.3) is 0 Å². The summed E-state index contributed by atoms with van der Waals surface area (Å²) in [6, 6.07) is 4.99. The molecule has 1 aromatic carbocycles. The molecule has 1 amide bonds. The summed E-state index contributed by atoms with van der Waals surface area (Å²) in [5.74, 6) is -3.88. The minimum atomic E-state index is -1.19. The Balaban J connectivity index is 2.25. The minimum Gasteiger partial charge on any atom is -0.481 e. The van der Waals surface area contributed by atoms with Gasteiger partial charge in [-0.05, 0) is 43.5 Å². The van der Waals surface area contributed by atoms with Crippen LogP contribution >= 0.6 is 11.3 Å². The van der Waals surface area contributed by atoms with Crippen molar-refractivity contribution in [3.63, 3.8) is 0 Å². The lowest BCUT2D eigenvalue weighted by Crippen LogP contribution is -2.21. The van der Waals surface area contributed by atoms with E-state index >= 15 is 0 Å². The standard InChI is InChI=1S/C20H22FNO5S/c1-4-14-11(3)28-18(17(14)20(26)27-5-2)22-16(23)10-15(19(24)25)12-6-8-13(21)9-7-12/h6-9,15H,4-5,10H2,1-3H3,(H,22,23)(H,24,25). The van der Waals surface area contributed by atoms with Gasteiger partial charge in [-0.3, -0.25) is 9.59 Å². The molecule has 1 aromatic heterocycles. The second kappa shape index (κ2) is 9.45. The number of hydrogen-bond acceptors (Lipinski definition) is 5. The van der Waals surface area contributed by atoms with Crippen LogP contribution in [0, 0.1) is 12.7 Å². The fourth-order valence-electron chi connectivity index (χ4n) is 2.92. The van der Waals surface area contributed by atoms with E-state index in [1.54, 1.807) is 6.92 Å². The highest BCUT2D eigenvalue weighted by molar-refractivity contribution is 7.16. The molecule has 0 bridgehead atoms. The van der Waals surface area contributed by atoms with Gasteiger partial charge < -0.3 is 15.2 Å². The van der Waals surface area contributed by atoms with Crippen molar-refractivity contribution in [2.24, 2.45) is 0 Å². The van der Waals surface area contributed by atoms with Crippen molar-refractivity contribution in [2.45, 2.75) is 39.5 Å². The summed E-state index contributed by atoms with van der Waals surface area (Å²) in [6.45, 7) is 5.65. The Morgan fingerprint density at radius 1 is 1.21 bits per heavy atom. The molecule has 0 aliphatic rings. The molecule has 2 rings (SSSR count). The zero-order valence-electron chi connectivity index (χ0n) is 15.9. The first-order chi connectivity index (χ1) is 13.3. The second-order valence-electron chi connectivity index (χ2n) is 6.11. The molecule has 1 atom stereocenters. The highest BCUT2D eigenvalue weighted by atomic mass is 32.1. The lowest BCUT2D eigenvalue weighted by molar-refractivity contribution is -0.140. The van der Waals surface area contributed by atoms with Gasteiger partial charge in [0.15, 0.2) is 0 Å². The largest absolute Gasteiger partial charge is 0.481 e. The molecular formula is C20H22FNO5S. The molecule has 2 aromatic rings. The van der Waals surface area contributed by atoms with E-state index in [2.05, 4.69) is 5.32 Å². The summed E-state index contributed by atoms with van der Waals surface area (Å²) < 4.78 is 18.2. The number of carbonyl (C=O) groups is 3. The van der Waals surface area contributed by atoms with Gasteiger partial charge in [0.05, 0.1) is 18.1 Å². The van der Waals surface area contributed by atoms with Gasteiger partial charge in [-0.25, -0.2) is 9.18 Å². The van der Waals surface area contributed by atoms with Crippen LogP contribution in [0.25, 0.3) is 0 Å². The summed E-state index contributed by atoms with van der Waals surface area (Å²) in [6.07, 6.45) is 0.251. The van der Waals surface area contributed by atoms with Gasteiger partial charge in [-0.2, -0.15) is 0 Å². The maximum Gasteiger partial charge on any atom is 0.341 e. The first-order valence-corrected chi connectivity index (χ1v) is 9.67. The Morgan fingerprint density at radius 3 is 2.39 bits per heavy atom. The lowest BCUT2D eigenvalue weighted by atomic mass is 9.95. The Hall–Kier alpha value is -2.74. The van der Waals surface area contributed by atoms with Crippen molar-refractivity contribution in [2.75, 3.05) is 11.9 Å². The number of nitrogens with one attached hydrogen (secondary N) is 1. The Morgan fingerprint density at radius 2 is 1.86 bits per heavy atom. The summed E-state index contributed by atoms with van der Waals surface area (Å²) in [5, 5.41) is 12.5. The first kappa shape index (κ1) is 21.6. The molecule has 0 aliphatic carbocycles. The zero-order valence-corrected chi connectivity index (χ0v) is 16.7. The summed E-state index contributed by atoms with van der Waals surface area (Å²) >= 11 is 1.25. The molecule has 2 N–H and O–H groups in total. The van der Waals surface area contributed by atoms with E-state index in [1.807, 2.05) is 13.8 Å². The molecule has 0 spiro atoms. The minimum absolute atomic E-state index is 0.204. The molecule has 150 valence electrons. The fourth-order valence-corrected chi connectivity index (χ4v) is 4.07. The van der Waals surface area contributed by atoms with Crippen LogP contribution in [-0.4, -0.2) is 29.6 Å². The number of hydrogen-bond donors (Lipinski definition) is 2. The van der Waals surface area contributed by atoms with Crippen LogP contribution in [0.3, 0.4) is 0 Å². The van der Waals surface area contributed by atoms with E-state index in [0.717, 1.165) is 22.6 Å². The second-order valence-corrected chi connectivity index (χ2v) is 7.33. The zero-order chi connectivity index (χ0) is 20.8. The van der Waals surface area contributed by atoms with Crippen molar-refractivity contribution < 1.29 is 28.6 Å². The molecule has 1 heterocycles. The first-order valence-electron chi connectivity index (χ1n) is 8.85. The topological polar surface area (TPSA) is 92.7 Å². The van der Waals surface area contributed by atoms with E-state index in [0.29, 0.717) is 22.5 Å². The number of carbonyl (C=O) groups excluding carboxylic acids is 2. The molecule has 6 nitrogen and oxygen atoms in total. The summed E-state index contributed by atoms with van der Waals surface area (Å²) in [4.78, 5) is 37.3. The number of carboxylic acids is 1. The predicted octanol–water partition coefficient (Wildman–Crippen LogP) is 4.13. The van der Waals surface area contributed by atoms with Gasteiger partial charge in [0, 0.05) is 11.3 Å². The number of carboxylic acid groups (broad SMARTS) is 1. The number of benzene rings is 1. The number of aryl methyl sites for hydroxylation is 1. The van der Waals surface area contributed by atoms with Crippen LogP contribution in [0.1, 0.15) is 52.5 Å². The maximum absolute atomic E-state index is 13.1. The number of esters is 1. The summed E-state index contributed by atoms with van der Waals surface area (Å²) in [5.41, 5.74) is 1.44. The van der Waals surface area contributed by atoms with Crippen molar-refractivity contribution in [1.29, 1.82) is 0 Å². The predicted molar refractivity (Wildman–Crippen MR) is 104 cm³/mol. The van der Waals surface area contributed by atoms with Crippen molar-refractivity contribution >= 4 is 34.2 Å². The van der Waals surface area contributed by atoms with E-state index in [1.165, 1.54) is 23.5 Å². The van der Waals surface area contributed by atoms with Crippen molar-refractivity contribution in [1.82, 2.24) is 0 Å². The van der Waals surface area contributed by atoms with Gasteiger partial charge in [0.1, 0.15) is 10.8 Å². The molecule has 28 heavy (non-hydrogen) atoms. The van der Waals surface area contributed by atoms with Gasteiger partial charge in [-0.1, -0.05) is 19.1 Å². The molecule has 0 fully saturated rings. The normalized spacial score (nSPS) is 11.7. The molecule has 0 aliphatic heterocycles. The third-order valence-corrected chi connectivity index (χ3v) is 5.32. The molecular weight excluding hydrogens is 385 g/mol. The number of aliphatic carboxylic acids is 1. The average molecular weight is 407 g/mol. The molecule has 0 radical (unpaired) electrons. The number of halogens is 1. The smallest absolute Gasteiger partial charge is 0.341 e. The number of amides is 1. The lowest BCUT2D eigenvalue weighted by Gasteiger charge is -2.13. The highest BCUT2D eigenvalue weighted by Gasteiger charge is 2.27. The van der Waals surface area contributed by atoms with Crippen LogP contribution in [0.2, 0.25) is 0 Å². The number of thiophene rings is 1. The van der Waals surface area contributed by atoms with E-state index in [9.17, 15) is 23.9 Å². The van der Waals surface area contributed by atoms with Gasteiger partial charge in [0.2, 0.25) is 5.91 Å². The Kier molecular flexibility index (Phi) is 7.28. The van der Waals surface area contributed by atoms with E-state index < -0.39 is 29.6 Å². The van der Waals surface area contributed by atoms with Crippen LogP contribution in [-0.2, 0) is 20.7 Å².